The van der Waals surface area contributed by atoms with Crippen LogP contribution >= 0.6 is 24.0 Å². The summed E-state index contributed by atoms with van der Waals surface area (Å²) in [4.78, 5) is 7.26. The maximum atomic E-state index is 4.74. The zero-order chi connectivity index (χ0) is 14.9. The highest BCUT2D eigenvalue weighted by Crippen LogP contribution is 2.16. The van der Waals surface area contributed by atoms with Crippen molar-refractivity contribution < 1.29 is 0 Å². The van der Waals surface area contributed by atoms with E-state index in [4.69, 9.17) is 4.99 Å². The quantitative estimate of drug-likeness (QED) is 0.399. The van der Waals surface area contributed by atoms with E-state index in [0.717, 1.165) is 38.7 Å². The van der Waals surface area contributed by atoms with Crippen LogP contribution in [0.3, 0.4) is 0 Å². The van der Waals surface area contributed by atoms with Crippen LogP contribution in [0.4, 0.5) is 0 Å². The van der Waals surface area contributed by atoms with Crippen LogP contribution in [0.15, 0.2) is 23.5 Å². The lowest BCUT2D eigenvalue weighted by Crippen LogP contribution is -2.40. The molecule has 1 fully saturated rings. The SMILES string of the molecule is CCNC(=NCC1CCCN1CC)NCCn1cccn1.I. The Morgan fingerprint density at radius 2 is 2.23 bits per heavy atom. The number of aromatic nitrogens is 2. The van der Waals surface area contributed by atoms with Gasteiger partial charge in [0.2, 0.25) is 0 Å². The highest BCUT2D eigenvalue weighted by molar-refractivity contribution is 14.0. The van der Waals surface area contributed by atoms with Crippen LogP contribution in [0.25, 0.3) is 0 Å². The molecule has 1 saturated heterocycles. The van der Waals surface area contributed by atoms with Crippen molar-refractivity contribution in [1.29, 1.82) is 0 Å². The molecule has 1 unspecified atom stereocenters. The van der Waals surface area contributed by atoms with Crippen LogP contribution in [0.1, 0.15) is 26.7 Å². The van der Waals surface area contributed by atoms with E-state index in [1.807, 2.05) is 16.9 Å². The van der Waals surface area contributed by atoms with Gasteiger partial charge in [-0.1, -0.05) is 6.92 Å². The average molecular weight is 420 g/mol. The summed E-state index contributed by atoms with van der Waals surface area (Å²) in [5.74, 6) is 0.910. The standard InChI is InChI=1S/C15H28N6.HI/c1-3-16-15(17-9-12-21-11-6-8-19-21)18-13-14-7-5-10-20(14)4-2;/h6,8,11,14H,3-5,7,9-10,12-13H2,1-2H3,(H2,16,17,18);1H. The van der Waals surface area contributed by atoms with Crippen molar-refractivity contribution in [3.05, 3.63) is 18.5 Å². The molecule has 126 valence electrons. The third-order valence-corrected chi connectivity index (χ3v) is 3.90. The second-order valence-corrected chi connectivity index (χ2v) is 5.34. The van der Waals surface area contributed by atoms with Gasteiger partial charge in [0, 0.05) is 31.5 Å². The third-order valence-electron chi connectivity index (χ3n) is 3.90. The van der Waals surface area contributed by atoms with Gasteiger partial charge >= 0.3 is 0 Å². The van der Waals surface area contributed by atoms with Crippen molar-refractivity contribution in [2.45, 2.75) is 39.3 Å². The molecule has 0 amide bonds. The highest BCUT2D eigenvalue weighted by atomic mass is 127. The molecule has 1 aromatic heterocycles. The van der Waals surface area contributed by atoms with E-state index in [1.165, 1.54) is 19.4 Å². The lowest BCUT2D eigenvalue weighted by molar-refractivity contribution is 0.273. The van der Waals surface area contributed by atoms with Gasteiger partial charge in [0.15, 0.2) is 5.96 Å². The van der Waals surface area contributed by atoms with Gasteiger partial charge in [-0.2, -0.15) is 5.10 Å². The Labute approximate surface area is 150 Å². The fourth-order valence-electron chi connectivity index (χ4n) is 2.78. The molecule has 1 aliphatic heterocycles. The number of aliphatic imine (C=N–C) groups is 1. The maximum absolute atomic E-state index is 4.74. The monoisotopic (exact) mass is 420 g/mol. The largest absolute Gasteiger partial charge is 0.357 e. The summed E-state index contributed by atoms with van der Waals surface area (Å²) in [6.45, 7) is 10.1. The Morgan fingerprint density at radius 3 is 2.91 bits per heavy atom. The summed E-state index contributed by atoms with van der Waals surface area (Å²) in [5.41, 5.74) is 0. The molecular weight excluding hydrogens is 391 g/mol. The normalized spacial score (nSPS) is 19.0. The second kappa shape index (κ2) is 10.8. The predicted octanol–water partition coefficient (Wildman–Crippen LogP) is 1.54. The lowest BCUT2D eigenvalue weighted by Gasteiger charge is -2.21. The molecular formula is C15H29IN6. The number of likely N-dealkylation sites (tertiary alicyclic amines) is 1. The number of rotatable bonds is 7. The Balaban J connectivity index is 0.00000242. The molecule has 0 saturated carbocycles. The van der Waals surface area contributed by atoms with E-state index in [2.05, 4.69) is 34.5 Å². The van der Waals surface area contributed by atoms with E-state index >= 15 is 0 Å². The molecule has 22 heavy (non-hydrogen) atoms. The van der Waals surface area contributed by atoms with Gasteiger partial charge in [0.1, 0.15) is 0 Å². The zero-order valence-electron chi connectivity index (χ0n) is 13.7. The molecule has 0 aromatic carbocycles. The summed E-state index contributed by atoms with van der Waals surface area (Å²) in [5, 5.41) is 10.9. The lowest BCUT2D eigenvalue weighted by atomic mass is 10.2. The minimum absolute atomic E-state index is 0. The Kier molecular flexibility index (Phi) is 9.45. The summed E-state index contributed by atoms with van der Waals surface area (Å²) in [6, 6.07) is 2.55. The van der Waals surface area contributed by atoms with Crippen LogP contribution in [-0.4, -0.2) is 59.4 Å². The highest BCUT2D eigenvalue weighted by Gasteiger charge is 2.22. The first-order chi connectivity index (χ1) is 10.3. The number of hydrogen-bond donors (Lipinski definition) is 2. The molecule has 1 atom stereocenters. The van der Waals surface area contributed by atoms with Crippen LogP contribution < -0.4 is 10.6 Å². The fourth-order valence-corrected chi connectivity index (χ4v) is 2.78. The number of guanidine groups is 1. The van der Waals surface area contributed by atoms with Crippen molar-refractivity contribution in [2.24, 2.45) is 4.99 Å². The molecule has 7 heteroatoms. The number of hydrogen-bond acceptors (Lipinski definition) is 3. The number of likely N-dealkylation sites (N-methyl/N-ethyl adjacent to an activating group) is 1. The van der Waals surface area contributed by atoms with Crippen LogP contribution in [0, 0.1) is 0 Å². The van der Waals surface area contributed by atoms with Crippen LogP contribution in [-0.2, 0) is 6.54 Å². The predicted molar refractivity (Wildman–Crippen MR) is 102 cm³/mol. The minimum atomic E-state index is 0. The van der Waals surface area contributed by atoms with Gasteiger partial charge in [-0.15, -0.1) is 24.0 Å². The topological polar surface area (TPSA) is 57.5 Å². The Bertz CT molecular complexity index is 420. The van der Waals surface area contributed by atoms with E-state index in [0.29, 0.717) is 6.04 Å². The van der Waals surface area contributed by atoms with Crippen LogP contribution in [0.5, 0.6) is 0 Å². The zero-order valence-corrected chi connectivity index (χ0v) is 16.0. The van der Waals surface area contributed by atoms with E-state index < -0.39 is 0 Å². The van der Waals surface area contributed by atoms with Crippen molar-refractivity contribution in [3.8, 4) is 0 Å². The molecule has 2 N–H and O–H groups in total. The first-order valence-corrected chi connectivity index (χ1v) is 8.07. The van der Waals surface area contributed by atoms with Gasteiger partial charge in [0.25, 0.3) is 0 Å². The van der Waals surface area contributed by atoms with Crippen molar-refractivity contribution in [1.82, 2.24) is 25.3 Å². The van der Waals surface area contributed by atoms with E-state index in [-0.39, 0.29) is 24.0 Å². The summed E-state index contributed by atoms with van der Waals surface area (Å²) in [7, 11) is 0. The van der Waals surface area contributed by atoms with E-state index in [1.54, 1.807) is 6.20 Å². The van der Waals surface area contributed by atoms with Gasteiger partial charge < -0.3 is 10.6 Å². The van der Waals surface area contributed by atoms with E-state index in [9.17, 15) is 0 Å². The second-order valence-electron chi connectivity index (χ2n) is 5.34. The summed E-state index contributed by atoms with van der Waals surface area (Å²) in [6.07, 6.45) is 6.35. The molecule has 0 bridgehead atoms. The van der Waals surface area contributed by atoms with Crippen molar-refractivity contribution in [2.75, 3.05) is 32.7 Å². The van der Waals surface area contributed by atoms with Crippen LogP contribution in [0.2, 0.25) is 0 Å². The fraction of sp³-hybridized carbons (Fsp3) is 0.733. The minimum Gasteiger partial charge on any atom is -0.357 e. The smallest absolute Gasteiger partial charge is 0.191 e. The molecule has 0 spiro atoms. The first-order valence-electron chi connectivity index (χ1n) is 8.07. The van der Waals surface area contributed by atoms with Gasteiger partial charge in [0.05, 0.1) is 13.1 Å². The number of nitrogens with zero attached hydrogens (tertiary/aromatic N) is 4. The molecule has 0 radical (unpaired) electrons. The molecule has 1 aliphatic rings. The Morgan fingerprint density at radius 1 is 1.36 bits per heavy atom. The third kappa shape index (κ3) is 6.12. The molecule has 6 nitrogen and oxygen atoms in total. The number of halogens is 1. The summed E-state index contributed by atoms with van der Waals surface area (Å²) >= 11 is 0. The van der Waals surface area contributed by atoms with Gasteiger partial charge in [-0.3, -0.25) is 14.6 Å². The number of nitrogens with one attached hydrogen (secondary N) is 2. The molecule has 2 heterocycles. The molecule has 0 aliphatic carbocycles. The van der Waals surface area contributed by atoms with Crippen molar-refractivity contribution >= 4 is 29.9 Å². The van der Waals surface area contributed by atoms with Gasteiger partial charge in [-0.05, 0) is 38.9 Å². The van der Waals surface area contributed by atoms with Gasteiger partial charge in [-0.25, -0.2) is 0 Å². The molecule has 2 rings (SSSR count). The summed E-state index contributed by atoms with van der Waals surface area (Å²) < 4.78 is 1.92. The average Bonchev–Trinajstić information content (AvgIpc) is 3.15. The first kappa shape index (κ1) is 19.2. The maximum Gasteiger partial charge on any atom is 0.191 e. The van der Waals surface area contributed by atoms with Crippen molar-refractivity contribution in [3.63, 3.8) is 0 Å². The Hall–Kier alpha value is -0.830. The molecule has 1 aromatic rings.